The van der Waals surface area contributed by atoms with Gasteiger partial charge in [0, 0.05) is 10.2 Å². The molecule has 1 aromatic carbocycles. The molecule has 0 fully saturated rings. The van der Waals surface area contributed by atoms with Crippen molar-refractivity contribution in [3.05, 3.63) is 28.7 Å². The van der Waals surface area contributed by atoms with Crippen LogP contribution in [0.25, 0.3) is 0 Å². The van der Waals surface area contributed by atoms with Crippen LogP contribution >= 0.6 is 15.9 Å². The Morgan fingerprint density at radius 3 is 2.59 bits per heavy atom. The SMILES string of the molecule is CCCCC(Nc1ccc(Br)cc1)C(=O)OC. The van der Waals surface area contributed by atoms with Gasteiger partial charge in [-0.1, -0.05) is 35.7 Å². The first kappa shape index (κ1) is 14.0. The maximum Gasteiger partial charge on any atom is 0.328 e. The highest BCUT2D eigenvalue weighted by Gasteiger charge is 2.17. The standard InChI is InChI=1S/C13H18BrNO2/c1-3-4-5-12(13(16)17-2)15-11-8-6-10(14)7-9-11/h6-9,12,15H,3-5H2,1-2H3. The Hall–Kier alpha value is -1.03. The van der Waals surface area contributed by atoms with Gasteiger partial charge in [0.05, 0.1) is 7.11 Å². The Balaban J connectivity index is 2.64. The van der Waals surface area contributed by atoms with Crippen LogP contribution in [0.3, 0.4) is 0 Å². The maximum atomic E-state index is 11.6. The fraction of sp³-hybridized carbons (Fsp3) is 0.462. The molecule has 0 spiro atoms. The van der Waals surface area contributed by atoms with Crippen LogP contribution in [-0.2, 0) is 9.53 Å². The molecule has 1 rings (SSSR count). The molecule has 3 nitrogen and oxygen atoms in total. The van der Waals surface area contributed by atoms with E-state index in [0.717, 1.165) is 29.4 Å². The molecule has 0 bridgehead atoms. The Labute approximate surface area is 111 Å². The number of methoxy groups -OCH3 is 1. The average Bonchev–Trinajstić information content (AvgIpc) is 2.36. The highest BCUT2D eigenvalue weighted by molar-refractivity contribution is 9.10. The van der Waals surface area contributed by atoms with Gasteiger partial charge in [0.25, 0.3) is 0 Å². The first-order valence-corrected chi connectivity index (χ1v) is 6.56. The summed E-state index contributed by atoms with van der Waals surface area (Å²) in [6.45, 7) is 2.11. The van der Waals surface area contributed by atoms with Crippen LogP contribution in [-0.4, -0.2) is 19.1 Å². The topological polar surface area (TPSA) is 38.3 Å². The van der Waals surface area contributed by atoms with E-state index in [1.54, 1.807) is 0 Å². The maximum absolute atomic E-state index is 11.6. The quantitative estimate of drug-likeness (QED) is 0.816. The summed E-state index contributed by atoms with van der Waals surface area (Å²) >= 11 is 3.38. The molecular weight excluding hydrogens is 282 g/mol. The van der Waals surface area contributed by atoms with Crippen LogP contribution in [0.1, 0.15) is 26.2 Å². The number of hydrogen-bond acceptors (Lipinski definition) is 3. The number of rotatable bonds is 6. The minimum Gasteiger partial charge on any atom is -0.467 e. The minimum absolute atomic E-state index is 0.207. The Morgan fingerprint density at radius 2 is 2.06 bits per heavy atom. The lowest BCUT2D eigenvalue weighted by molar-refractivity contribution is -0.141. The van der Waals surface area contributed by atoms with Crippen LogP contribution in [0, 0.1) is 0 Å². The molecule has 1 aromatic rings. The van der Waals surface area contributed by atoms with Gasteiger partial charge in [-0.2, -0.15) is 0 Å². The van der Waals surface area contributed by atoms with E-state index in [-0.39, 0.29) is 12.0 Å². The van der Waals surface area contributed by atoms with Crippen molar-refractivity contribution in [3.63, 3.8) is 0 Å². The third-order valence-electron chi connectivity index (χ3n) is 2.52. The number of ether oxygens (including phenoxy) is 1. The van der Waals surface area contributed by atoms with Gasteiger partial charge in [-0.05, 0) is 30.7 Å². The number of anilines is 1. The number of benzene rings is 1. The third-order valence-corrected chi connectivity index (χ3v) is 3.05. The lowest BCUT2D eigenvalue weighted by atomic mass is 10.1. The van der Waals surface area contributed by atoms with Crippen molar-refractivity contribution in [3.8, 4) is 0 Å². The number of halogens is 1. The average molecular weight is 300 g/mol. The van der Waals surface area contributed by atoms with Crippen molar-refractivity contribution in [1.82, 2.24) is 0 Å². The molecule has 0 saturated carbocycles. The fourth-order valence-corrected chi connectivity index (χ4v) is 1.81. The van der Waals surface area contributed by atoms with Gasteiger partial charge in [0.15, 0.2) is 0 Å². The summed E-state index contributed by atoms with van der Waals surface area (Å²) in [6, 6.07) is 7.49. The molecule has 4 heteroatoms. The second-order valence-corrected chi connectivity index (χ2v) is 4.78. The van der Waals surface area contributed by atoms with Crippen molar-refractivity contribution in [2.45, 2.75) is 32.2 Å². The van der Waals surface area contributed by atoms with E-state index in [4.69, 9.17) is 4.74 Å². The molecule has 0 aliphatic rings. The van der Waals surface area contributed by atoms with E-state index in [0.29, 0.717) is 0 Å². The molecule has 0 radical (unpaired) electrons. The Morgan fingerprint density at radius 1 is 1.41 bits per heavy atom. The number of carbonyl (C=O) groups is 1. The molecule has 0 heterocycles. The second-order valence-electron chi connectivity index (χ2n) is 3.87. The van der Waals surface area contributed by atoms with Crippen LogP contribution < -0.4 is 5.32 Å². The van der Waals surface area contributed by atoms with Crippen molar-refractivity contribution in [2.24, 2.45) is 0 Å². The van der Waals surface area contributed by atoms with Gasteiger partial charge in [0.2, 0.25) is 0 Å². The van der Waals surface area contributed by atoms with Gasteiger partial charge in [-0.3, -0.25) is 0 Å². The van der Waals surface area contributed by atoms with Crippen molar-refractivity contribution >= 4 is 27.6 Å². The van der Waals surface area contributed by atoms with E-state index in [2.05, 4.69) is 28.2 Å². The van der Waals surface area contributed by atoms with Crippen molar-refractivity contribution in [2.75, 3.05) is 12.4 Å². The third kappa shape index (κ3) is 4.77. The van der Waals surface area contributed by atoms with Gasteiger partial charge in [0.1, 0.15) is 6.04 Å². The normalized spacial score (nSPS) is 11.9. The van der Waals surface area contributed by atoms with E-state index in [1.807, 2.05) is 24.3 Å². The summed E-state index contributed by atoms with van der Waals surface area (Å²) in [4.78, 5) is 11.6. The van der Waals surface area contributed by atoms with Crippen LogP contribution in [0.2, 0.25) is 0 Å². The molecule has 0 aliphatic carbocycles. The highest BCUT2D eigenvalue weighted by Crippen LogP contribution is 2.16. The van der Waals surface area contributed by atoms with Crippen LogP contribution in [0.15, 0.2) is 28.7 Å². The Kier molecular flexibility index (Phi) is 6.05. The molecular formula is C13H18BrNO2. The Bertz CT molecular complexity index is 351. The number of unbranched alkanes of at least 4 members (excludes halogenated alkanes) is 1. The van der Waals surface area contributed by atoms with Gasteiger partial charge < -0.3 is 10.1 Å². The number of hydrogen-bond donors (Lipinski definition) is 1. The zero-order valence-electron chi connectivity index (χ0n) is 10.2. The zero-order valence-corrected chi connectivity index (χ0v) is 11.8. The van der Waals surface area contributed by atoms with Gasteiger partial charge in [-0.25, -0.2) is 4.79 Å². The van der Waals surface area contributed by atoms with Gasteiger partial charge in [-0.15, -0.1) is 0 Å². The van der Waals surface area contributed by atoms with Crippen molar-refractivity contribution in [1.29, 1.82) is 0 Å². The second kappa shape index (κ2) is 7.33. The summed E-state index contributed by atoms with van der Waals surface area (Å²) in [7, 11) is 1.42. The monoisotopic (exact) mass is 299 g/mol. The number of nitrogens with one attached hydrogen (secondary N) is 1. The van der Waals surface area contributed by atoms with Crippen molar-refractivity contribution < 1.29 is 9.53 Å². The summed E-state index contributed by atoms with van der Waals surface area (Å²) in [5.74, 6) is -0.207. The predicted molar refractivity (Wildman–Crippen MR) is 73.1 cm³/mol. The summed E-state index contributed by atoms with van der Waals surface area (Å²) in [5.41, 5.74) is 0.930. The minimum atomic E-state index is -0.263. The molecule has 1 atom stereocenters. The molecule has 0 aliphatic heterocycles. The smallest absolute Gasteiger partial charge is 0.328 e. The lowest BCUT2D eigenvalue weighted by Crippen LogP contribution is -2.30. The predicted octanol–water partition coefficient (Wildman–Crippen LogP) is 3.59. The largest absolute Gasteiger partial charge is 0.467 e. The molecule has 0 amide bonds. The first-order valence-electron chi connectivity index (χ1n) is 5.77. The first-order chi connectivity index (χ1) is 8.17. The fourth-order valence-electron chi connectivity index (χ4n) is 1.55. The molecule has 0 saturated heterocycles. The summed E-state index contributed by atoms with van der Waals surface area (Å²) in [5, 5.41) is 3.20. The molecule has 94 valence electrons. The number of carbonyl (C=O) groups excluding carboxylic acids is 1. The molecule has 0 aromatic heterocycles. The summed E-state index contributed by atoms with van der Waals surface area (Å²) in [6.07, 6.45) is 2.86. The van der Waals surface area contributed by atoms with Gasteiger partial charge >= 0.3 is 5.97 Å². The zero-order chi connectivity index (χ0) is 12.7. The highest BCUT2D eigenvalue weighted by atomic mass is 79.9. The number of esters is 1. The lowest BCUT2D eigenvalue weighted by Gasteiger charge is -2.17. The summed E-state index contributed by atoms with van der Waals surface area (Å²) < 4.78 is 5.81. The molecule has 1 N–H and O–H groups in total. The van der Waals surface area contributed by atoms with E-state index in [9.17, 15) is 4.79 Å². The molecule has 17 heavy (non-hydrogen) atoms. The van der Waals surface area contributed by atoms with E-state index >= 15 is 0 Å². The van der Waals surface area contributed by atoms with E-state index in [1.165, 1.54) is 7.11 Å². The van der Waals surface area contributed by atoms with Crippen LogP contribution in [0.5, 0.6) is 0 Å². The van der Waals surface area contributed by atoms with E-state index < -0.39 is 0 Å². The molecule has 1 unspecified atom stereocenters. The van der Waals surface area contributed by atoms with Crippen LogP contribution in [0.4, 0.5) is 5.69 Å².